The molecule has 0 fully saturated rings. The van der Waals surface area contributed by atoms with E-state index in [1.165, 1.54) is 0 Å². The lowest BCUT2D eigenvalue weighted by molar-refractivity contribution is 0.0295. The quantitative estimate of drug-likeness (QED) is 0.725. The maximum absolute atomic E-state index is 9.84. The molecule has 0 aliphatic heterocycles. The van der Waals surface area contributed by atoms with Crippen molar-refractivity contribution in [1.82, 2.24) is 0 Å². The normalized spacial score (nSPS) is 31.2. The summed E-state index contributed by atoms with van der Waals surface area (Å²) < 4.78 is 5.59. The number of methoxy groups -OCH3 is 1. The van der Waals surface area contributed by atoms with E-state index < -0.39 is 6.10 Å². The van der Waals surface area contributed by atoms with Gasteiger partial charge in [-0.2, -0.15) is 0 Å². The van der Waals surface area contributed by atoms with Gasteiger partial charge in [-0.3, -0.25) is 0 Å². The Balaban J connectivity index is 3.08. The molecule has 1 rings (SSSR count). The Bertz CT molecular complexity index is 276. The lowest BCUT2D eigenvalue weighted by Crippen LogP contribution is -2.37. The third-order valence-corrected chi connectivity index (χ3v) is 3.20. The monoisotopic (exact) mass is 210 g/mol. The molecular weight excluding hydrogens is 188 g/mol. The highest BCUT2D eigenvalue weighted by molar-refractivity contribution is 5.32. The van der Waals surface area contributed by atoms with Crippen molar-refractivity contribution in [2.75, 3.05) is 7.11 Å². The van der Waals surface area contributed by atoms with Crippen LogP contribution in [0.5, 0.6) is 0 Å². The van der Waals surface area contributed by atoms with Crippen LogP contribution >= 0.6 is 0 Å². The summed E-state index contributed by atoms with van der Waals surface area (Å²) in [5.74, 6) is 0.707. The number of rotatable bonds is 3. The Labute approximate surface area is 92.6 Å². The second-order valence-electron chi connectivity index (χ2n) is 4.82. The van der Waals surface area contributed by atoms with E-state index in [-0.39, 0.29) is 5.60 Å². The summed E-state index contributed by atoms with van der Waals surface area (Å²) in [4.78, 5) is 0. The van der Waals surface area contributed by atoms with Crippen LogP contribution in [0, 0.1) is 11.8 Å². The second-order valence-corrected chi connectivity index (χ2v) is 4.82. The molecule has 1 aliphatic carbocycles. The fourth-order valence-corrected chi connectivity index (χ4v) is 1.98. The van der Waals surface area contributed by atoms with Crippen LogP contribution in [-0.4, -0.2) is 23.9 Å². The summed E-state index contributed by atoms with van der Waals surface area (Å²) >= 11 is 0. The van der Waals surface area contributed by atoms with Crippen molar-refractivity contribution in [3.63, 3.8) is 0 Å². The van der Waals surface area contributed by atoms with Crippen molar-refractivity contribution in [2.24, 2.45) is 11.8 Å². The standard InChI is InChI=1S/C13H22O2/c1-9(2)11-8-13(15-5,10(3)4)7-6-12(11)14/h6-10,12,14H,1-5H3/t12?,13-/m1/s1. The van der Waals surface area contributed by atoms with Crippen LogP contribution in [0.3, 0.4) is 0 Å². The predicted octanol–water partition coefficient (Wildman–Crippen LogP) is 2.54. The minimum atomic E-state index is -0.452. The smallest absolute Gasteiger partial charge is 0.107 e. The van der Waals surface area contributed by atoms with Gasteiger partial charge in [-0.15, -0.1) is 0 Å². The number of ether oxygens (including phenoxy) is 1. The minimum Gasteiger partial charge on any atom is -0.385 e. The Morgan fingerprint density at radius 2 is 1.93 bits per heavy atom. The number of hydrogen-bond acceptors (Lipinski definition) is 2. The molecule has 0 bridgehead atoms. The summed E-state index contributed by atoms with van der Waals surface area (Å²) in [6.45, 7) is 8.43. The number of aliphatic hydroxyl groups is 1. The van der Waals surface area contributed by atoms with Gasteiger partial charge in [0.25, 0.3) is 0 Å². The molecule has 0 spiro atoms. The molecule has 1 aliphatic rings. The van der Waals surface area contributed by atoms with Gasteiger partial charge in [0, 0.05) is 7.11 Å². The third-order valence-electron chi connectivity index (χ3n) is 3.20. The molecule has 0 aromatic carbocycles. The molecule has 0 aromatic heterocycles. The number of hydrogen-bond donors (Lipinski definition) is 1. The molecule has 2 heteroatoms. The van der Waals surface area contributed by atoms with E-state index in [9.17, 15) is 5.11 Å². The first-order valence-electron chi connectivity index (χ1n) is 5.58. The fraction of sp³-hybridized carbons (Fsp3) is 0.692. The Kier molecular flexibility index (Phi) is 3.74. The number of aliphatic hydroxyl groups excluding tert-OH is 1. The molecule has 1 unspecified atom stereocenters. The van der Waals surface area contributed by atoms with E-state index in [1.54, 1.807) is 7.11 Å². The molecule has 0 saturated heterocycles. The average molecular weight is 210 g/mol. The van der Waals surface area contributed by atoms with Crippen molar-refractivity contribution in [2.45, 2.75) is 39.4 Å². The van der Waals surface area contributed by atoms with Gasteiger partial charge in [0.05, 0.1) is 6.10 Å². The first-order valence-corrected chi connectivity index (χ1v) is 5.58. The molecule has 15 heavy (non-hydrogen) atoms. The molecule has 2 atom stereocenters. The van der Waals surface area contributed by atoms with E-state index in [0.717, 1.165) is 5.57 Å². The topological polar surface area (TPSA) is 29.5 Å². The first-order chi connectivity index (χ1) is 6.93. The highest BCUT2D eigenvalue weighted by atomic mass is 16.5. The fourth-order valence-electron chi connectivity index (χ4n) is 1.98. The first kappa shape index (κ1) is 12.5. The molecule has 2 nitrogen and oxygen atoms in total. The molecule has 0 heterocycles. The Morgan fingerprint density at radius 3 is 2.33 bits per heavy atom. The van der Waals surface area contributed by atoms with Crippen LogP contribution < -0.4 is 0 Å². The molecule has 0 saturated carbocycles. The highest BCUT2D eigenvalue weighted by Crippen LogP contribution is 2.33. The zero-order valence-corrected chi connectivity index (χ0v) is 10.3. The minimum absolute atomic E-state index is 0.346. The van der Waals surface area contributed by atoms with Crippen molar-refractivity contribution in [3.05, 3.63) is 23.8 Å². The molecular formula is C13H22O2. The van der Waals surface area contributed by atoms with E-state index in [1.807, 2.05) is 12.2 Å². The molecule has 0 radical (unpaired) electrons. The zero-order chi connectivity index (χ0) is 11.6. The zero-order valence-electron chi connectivity index (χ0n) is 10.3. The van der Waals surface area contributed by atoms with Crippen LogP contribution in [0.25, 0.3) is 0 Å². The van der Waals surface area contributed by atoms with Crippen LogP contribution in [0.1, 0.15) is 27.7 Å². The van der Waals surface area contributed by atoms with Crippen LogP contribution in [0.4, 0.5) is 0 Å². The Hall–Kier alpha value is -0.600. The van der Waals surface area contributed by atoms with Gasteiger partial charge < -0.3 is 9.84 Å². The van der Waals surface area contributed by atoms with Gasteiger partial charge in [0.2, 0.25) is 0 Å². The van der Waals surface area contributed by atoms with Crippen molar-refractivity contribution < 1.29 is 9.84 Å². The molecule has 0 amide bonds. The van der Waals surface area contributed by atoms with E-state index >= 15 is 0 Å². The van der Waals surface area contributed by atoms with Gasteiger partial charge in [-0.25, -0.2) is 0 Å². The lowest BCUT2D eigenvalue weighted by atomic mass is 9.80. The van der Waals surface area contributed by atoms with Gasteiger partial charge in [-0.05, 0) is 29.6 Å². The van der Waals surface area contributed by atoms with Crippen LogP contribution in [-0.2, 0) is 4.74 Å². The summed E-state index contributed by atoms with van der Waals surface area (Å²) in [7, 11) is 1.72. The summed E-state index contributed by atoms with van der Waals surface area (Å²) in [6.07, 6.45) is 5.42. The average Bonchev–Trinajstić information content (AvgIpc) is 2.18. The van der Waals surface area contributed by atoms with Crippen molar-refractivity contribution in [1.29, 1.82) is 0 Å². The summed E-state index contributed by atoms with van der Waals surface area (Å²) in [6, 6.07) is 0. The van der Waals surface area contributed by atoms with E-state index in [2.05, 4.69) is 33.8 Å². The molecule has 1 N–H and O–H groups in total. The largest absolute Gasteiger partial charge is 0.385 e. The maximum atomic E-state index is 9.84. The van der Waals surface area contributed by atoms with Gasteiger partial charge in [0.15, 0.2) is 0 Å². The summed E-state index contributed by atoms with van der Waals surface area (Å²) in [5.41, 5.74) is 0.701. The third kappa shape index (κ3) is 2.32. The van der Waals surface area contributed by atoms with Crippen molar-refractivity contribution >= 4 is 0 Å². The SMILES string of the molecule is CO[C@]1(C(C)C)C=CC(O)C(C(C)C)=C1. The van der Waals surface area contributed by atoms with Crippen LogP contribution in [0.2, 0.25) is 0 Å². The predicted molar refractivity (Wildman–Crippen MR) is 62.6 cm³/mol. The van der Waals surface area contributed by atoms with E-state index in [0.29, 0.717) is 11.8 Å². The van der Waals surface area contributed by atoms with Gasteiger partial charge in [0.1, 0.15) is 5.60 Å². The second kappa shape index (κ2) is 4.50. The summed E-state index contributed by atoms with van der Waals surface area (Å²) in [5, 5.41) is 9.84. The molecule has 86 valence electrons. The Morgan fingerprint density at radius 1 is 1.33 bits per heavy atom. The highest BCUT2D eigenvalue weighted by Gasteiger charge is 2.33. The maximum Gasteiger partial charge on any atom is 0.107 e. The van der Waals surface area contributed by atoms with Crippen molar-refractivity contribution in [3.8, 4) is 0 Å². The van der Waals surface area contributed by atoms with Gasteiger partial charge >= 0.3 is 0 Å². The van der Waals surface area contributed by atoms with E-state index in [4.69, 9.17) is 4.74 Å². The van der Waals surface area contributed by atoms with Crippen LogP contribution in [0.15, 0.2) is 23.8 Å². The van der Waals surface area contributed by atoms with Gasteiger partial charge in [-0.1, -0.05) is 33.8 Å². The lowest BCUT2D eigenvalue weighted by Gasteiger charge is -2.36. The molecule has 0 aromatic rings.